The van der Waals surface area contributed by atoms with Crippen molar-refractivity contribution in [2.75, 3.05) is 11.5 Å². The molecule has 2 heterocycles. The topological polar surface area (TPSA) is 134 Å². The summed E-state index contributed by atoms with van der Waals surface area (Å²) >= 11 is 0. The molecule has 1 atom stereocenters. The number of hydrazine groups is 1. The maximum atomic E-state index is 12.0. The van der Waals surface area contributed by atoms with Gasteiger partial charge in [-0.25, -0.2) is 8.42 Å². The highest BCUT2D eigenvalue weighted by molar-refractivity contribution is 7.91. The van der Waals surface area contributed by atoms with Crippen LogP contribution in [0.15, 0.2) is 0 Å². The molecule has 0 bridgehead atoms. The Hall–Kier alpha value is -2.41. The third-order valence-electron chi connectivity index (χ3n) is 4.71. The number of rotatable bonds is 7. The smallest absolute Gasteiger partial charge is 0.238 e. The van der Waals surface area contributed by atoms with Crippen molar-refractivity contribution in [1.82, 2.24) is 20.6 Å². The first kappa shape index (κ1) is 20.9. The van der Waals surface area contributed by atoms with Gasteiger partial charge in [0.1, 0.15) is 0 Å². The van der Waals surface area contributed by atoms with Gasteiger partial charge >= 0.3 is 0 Å². The number of aryl methyl sites for hydroxylation is 2. The van der Waals surface area contributed by atoms with Crippen molar-refractivity contribution in [1.29, 1.82) is 5.26 Å². The largest absolute Gasteiger partial charge is 0.273 e. The first-order chi connectivity index (χ1) is 12.7. The lowest BCUT2D eigenvalue weighted by molar-refractivity contribution is -0.129. The van der Waals surface area contributed by atoms with Gasteiger partial charge in [0, 0.05) is 18.5 Å². The summed E-state index contributed by atoms with van der Waals surface area (Å²) in [7, 11) is -3.02. The van der Waals surface area contributed by atoms with Crippen LogP contribution in [0.4, 0.5) is 0 Å². The lowest BCUT2D eigenvalue weighted by Crippen LogP contribution is -2.42. The van der Waals surface area contributed by atoms with Crippen molar-refractivity contribution in [3.63, 3.8) is 0 Å². The van der Waals surface area contributed by atoms with Crippen molar-refractivity contribution in [2.24, 2.45) is 5.92 Å². The van der Waals surface area contributed by atoms with Gasteiger partial charge in [0.05, 0.1) is 36.2 Å². The molecular weight excluding hydrogens is 370 g/mol. The van der Waals surface area contributed by atoms with E-state index < -0.39 is 9.84 Å². The summed E-state index contributed by atoms with van der Waals surface area (Å²) in [4.78, 5) is 23.8. The summed E-state index contributed by atoms with van der Waals surface area (Å²) in [6.45, 7) is 4.28. The second-order valence-electron chi connectivity index (χ2n) is 6.85. The number of nitriles is 1. The molecule has 0 saturated carbocycles. The monoisotopic (exact) mass is 395 g/mol. The zero-order valence-electron chi connectivity index (χ0n) is 15.6. The Kier molecular flexibility index (Phi) is 6.96. The summed E-state index contributed by atoms with van der Waals surface area (Å²) < 4.78 is 24.6. The Morgan fingerprint density at radius 2 is 2.00 bits per heavy atom. The molecule has 1 aromatic rings. The number of nitrogens with zero attached hydrogens (tertiary/aromatic N) is 3. The molecule has 10 heteroatoms. The fraction of sp³-hybridized carbons (Fsp3) is 0.647. The van der Waals surface area contributed by atoms with Crippen LogP contribution < -0.4 is 10.9 Å². The first-order valence-corrected chi connectivity index (χ1v) is 10.7. The van der Waals surface area contributed by atoms with Crippen LogP contribution in [0.1, 0.15) is 42.6 Å². The number of carbonyl (C=O) groups is 2. The summed E-state index contributed by atoms with van der Waals surface area (Å²) in [5, 5.41) is 13.1. The molecular formula is C17H25N5O4S. The number of hydrogen-bond donors (Lipinski definition) is 2. The van der Waals surface area contributed by atoms with Crippen molar-refractivity contribution >= 4 is 21.7 Å². The van der Waals surface area contributed by atoms with E-state index in [-0.39, 0.29) is 42.1 Å². The third-order valence-corrected chi connectivity index (χ3v) is 6.55. The van der Waals surface area contributed by atoms with Gasteiger partial charge in [-0.15, -0.1) is 0 Å². The highest BCUT2D eigenvalue weighted by Crippen LogP contribution is 2.21. The number of hydrogen-bond acceptors (Lipinski definition) is 6. The second kappa shape index (κ2) is 8.99. The van der Waals surface area contributed by atoms with E-state index in [2.05, 4.69) is 22.0 Å². The maximum absolute atomic E-state index is 12.0. The van der Waals surface area contributed by atoms with E-state index in [0.29, 0.717) is 25.8 Å². The quantitative estimate of drug-likeness (QED) is 0.639. The molecule has 1 aliphatic rings. The molecule has 9 nitrogen and oxygen atoms in total. The molecule has 1 aliphatic heterocycles. The standard InChI is InChI=1S/C17H25N5O4S/c1-12-15(13(2)22(21-12)8-3-7-18)4-5-16(23)19-20-17(24)10-14-6-9-27(25,26)11-14/h14H,3-6,8-11H2,1-2H3,(H,19,23)(H,20,24). The maximum Gasteiger partial charge on any atom is 0.238 e. The zero-order chi connectivity index (χ0) is 20.0. The Balaban J connectivity index is 1.76. The summed E-state index contributed by atoms with van der Waals surface area (Å²) in [5.74, 6) is -0.745. The van der Waals surface area contributed by atoms with Crippen LogP contribution in [0.3, 0.4) is 0 Å². The number of amides is 2. The molecule has 0 spiro atoms. The molecule has 1 unspecified atom stereocenters. The van der Waals surface area contributed by atoms with Crippen LogP contribution in [0.5, 0.6) is 0 Å². The van der Waals surface area contributed by atoms with Gasteiger partial charge in [-0.05, 0) is 38.2 Å². The lowest BCUT2D eigenvalue weighted by Gasteiger charge is -2.10. The average Bonchev–Trinajstić information content (AvgIpc) is 3.07. The van der Waals surface area contributed by atoms with E-state index in [4.69, 9.17) is 5.26 Å². The van der Waals surface area contributed by atoms with Crippen LogP contribution in [0, 0.1) is 31.1 Å². The summed E-state index contributed by atoms with van der Waals surface area (Å²) in [6.07, 6.45) is 1.61. The average molecular weight is 395 g/mol. The second-order valence-corrected chi connectivity index (χ2v) is 9.08. The predicted molar refractivity (Wildman–Crippen MR) is 97.9 cm³/mol. The van der Waals surface area contributed by atoms with Crippen LogP contribution in [0.25, 0.3) is 0 Å². The van der Waals surface area contributed by atoms with E-state index in [9.17, 15) is 18.0 Å². The van der Waals surface area contributed by atoms with Gasteiger partial charge in [-0.3, -0.25) is 25.1 Å². The Labute approximate surface area is 159 Å². The minimum Gasteiger partial charge on any atom is -0.273 e. The molecule has 27 heavy (non-hydrogen) atoms. The molecule has 2 N–H and O–H groups in total. The van der Waals surface area contributed by atoms with Crippen molar-refractivity contribution in [3.05, 3.63) is 17.0 Å². The fourth-order valence-corrected chi connectivity index (χ4v) is 5.12. The molecule has 2 amide bonds. The van der Waals surface area contributed by atoms with Crippen LogP contribution in [-0.2, 0) is 32.4 Å². The van der Waals surface area contributed by atoms with E-state index in [1.807, 2.05) is 13.8 Å². The van der Waals surface area contributed by atoms with E-state index in [1.54, 1.807) is 4.68 Å². The molecule has 148 valence electrons. The van der Waals surface area contributed by atoms with Crippen LogP contribution in [-0.4, -0.2) is 41.5 Å². The van der Waals surface area contributed by atoms with Gasteiger partial charge in [0.15, 0.2) is 9.84 Å². The van der Waals surface area contributed by atoms with Crippen LogP contribution >= 0.6 is 0 Å². The minimum absolute atomic E-state index is 0.0305. The predicted octanol–water partition coefficient (Wildman–Crippen LogP) is 0.318. The van der Waals surface area contributed by atoms with E-state index in [0.717, 1.165) is 17.0 Å². The van der Waals surface area contributed by atoms with Gasteiger partial charge in [0.25, 0.3) is 0 Å². The molecule has 0 radical (unpaired) electrons. The molecule has 1 fully saturated rings. The van der Waals surface area contributed by atoms with Crippen molar-refractivity contribution in [3.8, 4) is 6.07 Å². The normalized spacial score (nSPS) is 18.0. The Bertz CT molecular complexity index is 853. The number of nitrogens with one attached hydrogen (secondary N) is 2. The fourth-order valence-electron chi connectivity index (χ4n) is 3.26. The zero-order valence-corrected chi connectivity index (χ0v) is 16.4. The number of carbonyl (C=O) groups excluding carboxylic acids is 2. The minimum atomic E-state index is -3.02. The number of aromatic nitrogens is 2. The van der Waals surface area contributed by atoms with Gasteiger partial charge in [-0.2, -0.15) is 10.4 Å². The van der Waals surface area contributed by atoms with Crippen LogP contribution in [0.2, 0.25) is 0 Å². The van der Waals surface area contributed by atoms with E-state index >= 15 is 0 Å². The Morgan fingerprint density at radius 3 is 2.63 bits per heavy atom. The van der Waals surface area contributed by atoms with Gasteiger partial charge in [0.2, 0.25) is 11.8 Å². The summed E-state index contributed by atoms with van der Waals surface area (Å²) in [6, 6.07) is 2.08. The Morgan fingerprint density at radius 1 is 1.30 bits per heavy atom. The first-order valence-electron chi connectivity index (χ1n) is 8.89. The molecule has 1 saturated heterocycles. The summed E-state index contributed by atoms with van der Waals surface area (Å²) in [5.41, 5.74) is 7.43. The lowest BCUT2D eigenvalue weighted by atomic mass is 10.1. The van der Waals surface area contributed by atoms with Crippen molar-refractivity contribution < 1.29 is 18.0 Å². The third kappa shape index (κ3) is 6.06. The molecule has 0 aliphatic carbocycles. The molecule has 1 aromatic heterocycles. The van der Waals surface area contributed by atoms with Gasteiger partial charge < -0.3 is 0 Å². The SMILES string of the molecule is Cc1nn(CCC#N)c(C)c1CCC(=O)NNC(=O)CC1CCS(=O)(=O)C1. The highest BCUT2D eigenvalue weighted by atomic mass is 32.2. The molecule has 0 aromatic carbocycles. The van der Waals surface area contributed by atoms with E-state index in [1.165, 1.54) is 0 Å². The van der Waals surface area contributed by atoms with Crippen molar-refractivity contribution in [2.45, 2.75) is 52.5 Å². The molecule has 2 rings (SSSR count). The number of sulfone groups is 1. The highest BCUT2D eigenvalue weighted by Gasteiger charge is 2.29. The van der Waals surface area contributed by atoms with Gasteiger partial charge in [-0.1, -0.05) is 0 Å².